The summed E-state index contributed by atoms with van der Waals surface area (Å²) in [6.45, 7) is 4.16. The van der Waals surface area contributed by atoms with Crippen LogP contribution in [0, 0.1) is 0 Å². The van der Waals surface area contributed by atoms with Gasteiger partial charge in [0, 0.05) is 55.2 Å². The highest BCUT2D eigenvalue weighted by Gasteiger charge is 2.23. The molecule has 0 saturated carbocycles. The molecule has 0 radical (unpaired) electrons. The van der Waals surface area contributed by atoms with Gasteiger partial charge in [-0.3, -0.25) is 14.5 Å². The van der Waals surface area contributed by atoms with Crippen LogP contribution in [0.2, 0.25) is 10.0 Å². The van der Waals surface area contributed by atoms with E-state index in [0.29, 0.717) is 40.8 Å². The molecular formula is C18H19Cl2N3O2S. The van der Waals surface area contributed by atoms with Crippen molar-refractivity contribution in [2.24, 2.45) is 0 Å². The van der Waals surface area contributed by atoms with E-state index in [1.165, 1.54) is 11.3 Å². The van der Waals surface area contributed by atoms with E-state index >= 15 is 0 Å². The van der Waals surface area contributed by atoms with Gasteiger partial charge in [0.2, 0.25) is 0 Å². The third kappa shape index (κ3) is 4.76. The molecule has 3 rings (SSSR count). The summed E-state index contributed by atoms with van der Waals surface area (Å²) in [6, 6.07) is 6.74. The first-order valence-corrected chi connectivity index (χ1v) is 10.0. The number of piperazine rings is 1. The van der Waals surface area contributed by atoms with E-state index in [2.05, 4.69) is 10.2 Å². The zero-order valence-corrected chi connectivity index (χ0v) is 16.4. The maximum Gasteiger partial charge on any atom is 0.255 e. The lowest BCUT2D eigenvalue weighted by atomic mass is 10.2. The van der Waals surface area contributed by atoms with E-state index in [9.17, 15) is 9.59 Å². The van der Waals surface area contributed by atoms with E-state index in [0.717, 1.165) is 19.6 Å². The number of nitrogens with one attached hydrogen (secondary N) is 1. The zero-order chi connectivity index (χ0) is 18.5. The monoisotopic (exact) mass is 411 g/mol. The van der Waals surface area contributed by atoms with Crippen LogP contribution >= 0.6 is 34.5 Å². The van der Waals surface area contributed by atoms with Crippen LogP contribution in [0.4, 0.5) is 0 Å². The average Bonchev–Trinajstić information content (AvgIpc) is 3.16. The smallest absolute Gasteiger partial charge is 0.255 e. The van der Waals surface area contributed by atoms with Crippen LogP contribution in [0.5, 0.6) is 0 Å². The third-order valence-electron chi connectivity index (χ3n) is 4.32. The fourth-order valence-electron chi connectivity index (χ4n) is 2.83. The summed E-state index contributed by atoms with van der Waals surface area (Å²) in [4.78, 5) is 28.5. The summed E-state index contributed by atoms with van der Waals surface area (Å²) in [5.74, 6) is -0.116. The third-order valence-corrected chi connectivity index (χ3v) is 5.55. The van der Waals surface area contributed by atoms with Gasteiger partial charge in [0.25, 0.3) is 11.8 Å². The number of hydrogen-bond acceptors (Lipinski definition) is 4. The van der Waals surface area contributed by atoms with E-state index in [-0.39, 0.29) is 11.8 Å². The maximum absolute atomic E-state index is 12.6. The standard InChI is InChI=1S/C18H19Cl2N3O2S/c19-14-1-2-15(16(20)11-14)18(25)23-8-6-22(7-9-23)5-4-21-17(24)13-3-10-26-12-13/h1-3,10-12H,4-9H2,(H,21,24). The second-order valence-electron chi connectivity index (χ2n) is 6.03. The molecule has 26 heavy (non-hydrogen) atoms. The van der Waals surface area contributed by atoms with Crippen molar-refractivity contribution in [2.75, 3.05) is 39.3 Å². The lowest BCUT2D eigenvalue weighted by Crippen LogP contribution is -2.50. The van der Waals surface area contributed by atoms with Gasteiger partial charge in [-0.2, -0.15) is 11.3 Å². The lowest BCUT2D eigenvalue weighted by Gasteiger charge is -2.34. The Morgan fingerprint density at radius 2 is 1.88 bits per heavy atom. The maximum atomic E-state index is 12.6. The number of thiophene rings is 1. The molecule has 0 bridgehead atoms. The number of benzene rings is 1. The zero-order valence-electron chi connectivity index (χ0n) is 14.1. The predicted octanol–water partition coefficient (Wildman–Crippen LogP) is 3.24. The van der Waals surface area contributed by atoms with Crippen LogP contribution in [0.1, 0.15) is 20.7 Å². The molecule has 1 aromatic carbocycles. The summed E-state index contributed by atoms with van der Waals surface area (Å²) < 4.78 is 0. The number of carbonyl (C=O) groups excluding carboxylic acids is 2. The summed E-state index contributed by atoms with van der Waals surface area (Å²) in [7, 11) is 0. The van der Waals surface area contributed by atoms with Gasteiger partial charge in [0.05, 0.1) is 10.6 Å². The van der Waals surface area contributed by atoms with Crippen molar-refractivity contribution in [3.63, 3.8) is 0 Å². The molecule has 2 heterocycles. The predicted molar refractivity (Wildman–Crippen MR) is 105 cm³/mol. The minimum absolute atomic E-state index is 0.0440. The number of nitrogens with zero attached hydrogens (tertiary/aromatic N) is 2. The molecule has 8 heteroatoms. The van der Waals surface area contributed by atoms with Crippen LogP contribution in [0.3, 0.4) is 0 Å². The number of carbonyl (C=O) groups is 2. The van der Waals surface area contributed by atoms with Crippen LogP contribution in [0.25, 0.3) is 0 Å². The first-order valence-electron chi connectivity index (χ1n) is 8.31. The molecule has 1 saturated heterocycles. The second kappa shape index (κ2) is 8.86. The van der Waals surface area contributed by atoms with Crippen molar-refractivity contribution in [3.8, 4) is 0 Å². The Bertz CT molecular complexity index is 775. The molecule has 1 fully saturated rings. The van der Waals surface area contributed by atoms with Crippen molar-refractivity contribution in [3.05, 3.63) is 56.2 Å². The first kappa shape index (κ1) is 19.2. The Balaban J connectivity index is 1.44. The van der Waals surface area contributed by atoms with Gasteiger partial charge in [-0.15, -0.1) is 0 Å². The molecule has 0 spiro atoms. The van der Waals surface area contributed by atoms with Crippen molar-refractivity contribution in [1.29, 1.82) is 0 Å². The minimum Gasteiger partial charge on any atom is -0.351 e. The molecular weight excluding hydrogens is 393 g/mol. The lowest BCUT2D eigenvalue weighted by molar-refractivity contribution is 0.0638. The largest absolute Gasteiger partial charge is 0.351 e. The second-order valence-corrected chi connectivity index (χ2v) is 7.65. The van der Waals surface area contributed by atoms with Gasteiger partial charge in [-0.05, 0) is 29.6 Å². The fraction of sp³-hybridized carbons (Fsp3) is 0.333. The molecule has 0 unspecified atom stereocenters. The fourth-order valence-corrected chi connectivity index (χ4v) is 3.96. The van der Waals surface area contributed by atoms with Crippen LogP contribution in [-0.2, 0) is 0 Å². The van der Waals surface area contributed by atoms with Gasteiger partial charge in [-0.1, -0.05) is 23.2 Å². The SMILES string of the molecule is O=C(NCCN1CCN(C(=O)c2ccc(Cl)cc2Cl)CC1)c1ccsc1. The van der Waals surface area contributed by atoms with Crippen LogP contribution in [0.15, 0.2) is 35.0 Å². The van der Waals surface area contributed by atoms with E-state index < -0.39 is 0 Å². The highest BCUT2D eigenvalue weighted by Crippen LogP contribution is 2.22. The minimum atomic E-state index is -0.0722. The van der Waals surface area contributed by atoms with Crippen LogP contribution < -0.4 is 5.32 Å². The molecule has 1 N–H and O–H groups in total. The Hall–Kier alpha value is -1.60. The van der Waals surface area contributed by atoms with Crippen LogP contribution in [-0.4, -0.2) is 60.9 Å². The summed E-state index contributed by atoms with van der Waals surface area (Å²) >= 11 is 13.5. The Morgan fingerprint density at radius 1 is 1.12 bits per heavy atom. The van der Waals surface area contributed by atoms with Gasteiger partial charge >= 0.3 is 0 Å². The molecule has 2 amide bonds. The van der Waals surface area contributed by atoms with Gasteiger partial charge in [0.1, 0.15) is 0 Å². The summed E-state index contributed by atoms with van der Waals surface area (Å²) in [5, 5.41) is 7.53. The van der Waals surface area contributed by atoms with Crippen molar-refractivity contribution >= 4 is 46.4 Å². The van der Waals surface area contributed by atoms with E-state index in [4.69, 9.17) is 23.2 Å². The quantitative estimate of drug-likeness (QED) is 0.821. The van der Waals surface area contributed by atoms with Crippen molar-refractivity contribution in [1.82, 2.24) is 15.1 Å². The normalized spacial score (nSPS) is 15.1. The molecule has 0 aliphatic carbocycles. The van der Waals surface area contributed by atoms with E-state index in [1.807, 2.05) is 16.8 Å². The van der Waals surface area contributed by atoms with E-state index in [1.54, 1.807) is 23.1 Å². The first-order chi connectivity index (χ1) is 12.5. The average molecular weight is 412 g/mol. The number of hydrogen-bond donors (Lipinski definition) is 1. The Morgan fingerprint density at radius 3 is 2.54 bits per heavy atom. The molecule has 1 aromatic heterocycles. The highest BCUT2D eigenvalue weighted by atomic mass is 35.5. The Labute approximate surface area is 166 Å². The molecule has 138 valence electrons. The number of amides is 2. The van der Waals surface area contributed by atoms with Gasteiger partial charge in [0.15, 0.2) is 0 Å². The van der Waals surface area contributed by atoms with Crippen molar-refractivity contribution in [2.45, 2.75) is 0 Å². The molecule has 1 aliphatic rings. The number of rotatable bonds is 5. The molecule has 5 nitrogen and oxygen atoms in total. The number of halogens is 2. The molecule has 0 atom stereocenters. The van der Waals surface area contributed by atoms with Gasteiger partial charge < -0.3 is 10.2 Å². The highest BCUT2D eigenvalue weighted by molar-refractivity contribution is 7.08. The topological polar surface area (TPSA) is 52.7 Å². The van der Waals surface area contributed by atoms with Gasteiger partial charge in [-0.25, -0.2) is 0 Å². The summed E-state index contributed by atoms with van der Waals surface area (Å²) in [5.41, 5.74) is 1.18. The molecule has 1 aliphatic heterocycles. The summed E-state index contributed by atoms with van der Waals surface area (Å²) in [6.07, 6.45) is 0. The molecule has 2 aromatic rings. The Kier molecular flexibility index (Phi) is 6.53. The van der Waals surface area contributed by atoms with Crippen molar-refractivity contribution < 1.29 is 9.59 Å².